The molecule has 0 spiro atoms. The van der Waals surface area contributed by atoms with Gasteiger partial charge in [-0.25, -0.2) is 9.97 Å². The van der Waals surface area contributed by atoms with Crippen LogP contribution in [0.5, 0.6) is 5.88 Å². The van der Waals surface area contributed by atoms with Gasteiger partial charge in [0.1, 0.15) is 11.6 Å². The highest BCUT2D eigenvalue weighted by Crippen LogP contribution is 2.31. The molecule has 27 heavy (non-hydrogen) atoms. The van der Waals surface area contributed by atoms with Gasteiger partial charge >= 0.3 is 0 Å². The molecule has 1 atom stereocenters. The van der Waals surface area contributed by atoms with E-state index in [4.69, 9.17) is 4.74 Å². The summed E-state index contributed by atoms with van der Waals surface area (Å²) in [7, 11) is 3.75. The topological polar surface area (TPSA) is 72.2 Å². The van der Waals surface area contributed by atoms with E-state index in [1.807, 2.05) is 0 Å². The zero-order chi connectivity index (χ0) is 18.6. The van der Waals surface area contributed by atoms with Crippen LogP contribution in [-0.2, 0) is 13.6 Å². The summed E-state index contributed by atoms with van der Waals surface area (Å²) >= 11 is 0. The number of aromatic nitrogens is 5. The van der Waals surface area contributed by atoms with Crippen molar-refractivity contribution in [2.75, 3.05) is 38.2 Å². The van der Waals surface area contributed by atoms with Crippen LogP contribution < -0.4 is 9.64 Å². The second-order valence-corrected chi connectivity index (χ2v) is 7.54. The molecule has 2 aromatic heterocycles. The molecule has 1 unspecified atom stereocenters. The number of piperidine rings is 2. The van der Waals surface area contributed by atoms with Crippen molar-refractivity contribution in [3.63, 3.8) is 0 Å². The molecule has 0 aromatic carbocycles. The summed E-state index contributed by atoms with van der Waals surface area (Å²) in [6, 6.07) is 0. The Balaban J connectivity index is 1.48. The highest BCUT2D eigenvalue weighted by molar-refractivity contribution is 5.48. The number of anilines is 1. The van der Waals surface area contributed by atoms with Gasteiger partial charge in [-0.1, -0.05) is 6.42 Å². The summed E-state index contributed by atoms with van der Waals surface area (Å²) in [6.45, 7) is 5.07. The quantitative estimate of drug-likeness (QED) is 0.796. The van der Waals surface area contributed by atoms with Gasteiger partial charge in [-0.15, -0.1) is 10.2 Å². The maximum Gasteiger partial charge on any atom is 0.257 e. The third-order valence-electron chi connectivity index (χ3n) is 5.74. The van der Waals surface area contributed by atoms with Crippen molar-refractivity contribution >= 4 is 5.82 Å². The lowest BCUT2D eigenvalue weighted by atomic mass is 9.97. The van der Waals surface area contributed by atoms with E-state index < -0.39 is 0 Å². The van der Waals surface area contributed by atoms with Gasteiger partial charge in [0.2, 0.25) is 0 Å². The monoisotopic (exact) mass is 371 g/mol. The van der Waals surface area contributed by atoms with E-state index in [0.29, 0.717) is 11.8 Å². The Morgan fingerprint density at radius 3 is 2.67 bits per heavy atom. The highest BCUT2D eigenvalue weighted by atomic mass is 16.5. The van der Waals surface area contributed by atoms with Crippen molar-refractivity contribution in [3.8, 4) is 5.88 Å². The van der Waals surface area contributed by atoms with Crippen LogP contribution in [0.3, 0.4) is 0 Å². The van der Waals surface area contributed by atoms with Crippen molar-refractivity contribution in [3.05, 3.63) is 24.0 Å². The van der Waals surface area contributed by atoms with E-state index in [-0.39, 0.29) is 0 Å². The number of hydrogen-bond acceptors (Lipinski definition) is 7. The Morgan fingerprint density at radius 1 is 1.04 bits per heavy atom. The minimum absolute atomic E-state index is 0.345. The summed E-state index contributed by atoms with van der Waals surface area (Å²) in [5.74, 6) is 3.90. The van der Waals surface area contributed by atoms with E-state index in [2.05, 4.69) is 41.6 Å². The van der Waals surface area contributed by atoms with Crippen LogP contribution in [-0.4, -0.2) is 62.9 Å². The van der Waals surface area contributed by atoms with Crippen molar-refractivity contribution in [2.24, 2.45) is 7.05 Å². The first-order valence-corrected chi connectivity index (χ1v) is 9.96. The Morgan fingerprint density at radius 2 is 1.85 bits per heavy atom. The fraction of sp³-hybridized carbons (Fsp3) is 0.684. The second-order valence-electron chi connectivity index (χ2n) is 7.54. The maximum absolute atomic E-state index is 5.40. The smallest absolute Gasteiger partial charge is 0.257 e. The molecule has 0 saturated carbocycles. The molecule has 4 heterocycles. The van der Waals surface area contributed by atoms with Crippen LogP contribution in [0, 0.1) is 0 Å². The zero-order valence-electron chi connectivity index (χ0n) is 16.3. The van der Waals surface area contributed by atoms with Crippen LogP contribution in [0.2, 0.25) is 0 Å². The van der Waals surface area contributed by atoms with Gasteiger partial charge in [0.25, 0.3) is 5.88 Å². The summed E-state index contributed by atoms with van der Waals surface area (Å²) < 4.78 is 7.60. The summed E-state index contributed by atoms with van der Waals surface area (Å²) in [4.78, 5) is 13.5. The minimum Gasteiger partial charge on any atom is -0.478 e. The first-order valence-electron chi connectivity index (χ1n) is 9.96. The molecule has 2 aliphatic rings. The Kier molecular flexibility index (Phi) is 5.52. The molecule has 146 valence electrons. The molecule has 0 N–H and O–H groups in total. The van der Waals surface area contributed by atoms with Gasteiger partial charge in [-0.05, 0) is 38.8 Å². The summed E-state index contributed by atoms with van der Waals surface area (Å²) in [6.07, 6.45) is 9.54. The van der Waals surface area contributed by atoms with Crippen LogP contribution in [0.1, 0.15) is 49.7 Å². The molecule has 0 amide bonds. The Labute approximate surface area is 160 Å². The SMILES string of the molecule is COc1nccnc1N1CCCC(c2nnc(CN3CCCCC3)n2C)C1. The van der Waals surface area contributed by atoms with Crippen LogP contribution in [0.25, 0.3) is 0 Å². The molecule has 8 heteroatoms. The van der Waals surface area contributed by atoms with E-state index in [1.165, 1.54) is 32.4 Å². The number of nitrogens with zero attached hydrogens (tertiary/aromatic N) is 7. The lowest BCUT2D eigenvalue weighted by molar-refractivity contribution is 0.213. The lowest BCUT2D eigenvalue weighted by Gasteiger charge is -2.33. The predicted octanol–water partition coefficient (Wildman–Crippen LogP) is 1.98. The van der Waals surface area contributed by atoms with Crippen LogP contribution in [0.4, 0.5) is 5.82 Å². The second kappa shape index (κ2) is 8.21. The molecule has 8 nitrogen and oxygen atoms in total. The molecular formula is C19H29N7O. The molecular weight excluding hydrogens is 342 g/mol. The third kappa shape index (κ3) is 3.90. The molecule has 2 aliphatic heterocycles. The predicted molar refractivity (Wildman–Crippen MR) is 103 cm³/mol. The Hall–Kier alpha value is -2.22. The highest BCUT2D eigenvalue weighted by Gasteiger charge is 2.28. The van der Waals surface area contributed by atoms with Crippen LogP contribution in [0.15, 0.2) is 12.4 Å². The van der Waals surface area contributed by atoms with Gasteiger partial charge in [-0.3, -0.25) is 4.90 Å². The first-order chi connectivity index (χ1) is 13.3. The first kappa shape index (κ1) is 18.2. The summed E-state index contributed by atoms with van der Waals surface area (Å²) in [5.41, 5.74) is 0. The van der Waals surface area contributed by atoms with Gasteiger partial charge in [0, 0.05) is 38.4 Å². The molecule has 4 rings (SSSR count). The van der Waals surface area contributed by atoms with Crippen LogP contribution >= 0.6 is 0 Å². The number of methoxy groups -OCH3 is 1. The number of rotatable bonds is 5. The number of ether oxygens (including phenoxy) is 1. The maximum atomic E-state index is 5.40. The molecule has 0 aliphatic carbocycles. The van der Waals surface area contributed by atoms with Crippen molar-refractivity contribution in [1.29, 1.82) is 0 Å². The molecule has 2 saturated heterocycles. The van der Waals surface area contributed by atoms with E-state index in [0.717, 1.165) is 49.9 Å². The lowest BCUT2D eigenvalue weighted by Crippen LogP contribution is -2.36. The van der Waals surface area contributed by atoms with E-state index in [1.54, 1.807) is 19.5 Å². The average molecular weight is 371 g/mol. The summed E-state index contributed by atoms with van der Waals surface area (Å²) in [5, 5.41) is 9.08. The van der Waals surface area contributed by atoms with Gasteiger partial charge in [0.15, 0.2) is 5.82 Å². The van der Waals surface area contributed by atoms with E-state index in [9.17, 15) is 0 Å². The van der Waals surface area contributed by atoms with Gasteiger partial charge < -0.3 is 14.2 Å². The molecule has 2 fully saturated rings. The van der Waals surface area contributed by atoms with Gasteiger partial charge in [-0.2, -0.15) is 0 Å². The molecule has 0 radical (unpaired) electrons. The minimum atomic E-state index is 0.345. The number of likely N-dealkylation sites (tertiary alicyclic amines) is 1. The largest absolute Gasteiger partial charge is 0.478 e. The molecule has 2 aromatic rings. The molecule has 0 bridgehead atoms. The average Bonchev–Trinajstić information content (AvgIpc) is 3.09. The number of hydrogen-bond donors (Lipinski definition) is 0. The fourth-order valence-corrected chi connectivity index (χ4v) is 4.25. The standard InChI is InChI=1S/C19H29N7O/c1-24-16(14-25-10-4-3-5-11-25)22-23-17(24)15-7-6-12-26(13-15)18-19(27-2)21-9-8-20-18/h8-9,15H,3-7,10-14H2,1-2H3. The van der Waals surface area contributed by atoms with Gasteiger partial charge in [0.05, 0.1) is 13.7 Å². The van der Waals surface area contributed by atoms with Crippen molar-refractivity contribution < 1.29 is 4.74 Å². The normalized spacial score (nSPS) is 21.4. The van der Waals surface area contributed by atoms with E-state index >= 15 is 0 Å². The fourth-order valence-electron chi connectivity index (χ4n) is 4.25. The Bertz CT molecular complexity index is 756. The van der Waals surface area contributed by atoms with Crippen molar-refractivity contribution in [2.45, 2.75) is 44.6 Å². The third-order valence-corrected chi connectivity index (χ3v) is 5.74. The van der Waals surface area contributed by atoms with Crippen molar-refractivity contribution in [1.82, 2.24) is 29.6 Å². The zero-order valence-corrected chi connectivity index (χ0v) is 16.3.